The molecule has 3 rings (SSSR count). The topological polar surface area (TPSA) is 98.5 Å². The number of nitrogens with one attached hydrogen (secondary N) is 1. The summed E-state index contributed by atoms with van der Waals surface area (Å²) >= 11 is 0. The summed E-state index contributed by atoms with van der Waals surface area (Å²) in [4.78, 5) is 37.1. The molecule has 0 unspecified atom stereocenters. The summed E-state index contributed by atoms with van der Waals surface area (Å²) in [6.07, 6.45) is 0. The van der Waals surface area contributed by atoms with Crippen LogP contribution in [0.15, 0.2) is 84.9 Å². The van der Waals surface area contributed by atoms with Gasteiger partial charge in [-0.25, -0.2) is 4.79 Å². The number of ether oxygens (including phenoxy) is 1. The highest BCUT2D eigenvalue weighted by Crippen LogP contribution is 2.28. The summed E-state index contributed by atoms with van der Waals surface area (Å²) in [5, 5.41) is 2.75. The summed E-state index contributed by atoms with van der Waals surface area (Å²) in [5.41, 5.74) is 7.86. The van der Waals surface area contributed by atoms with Gasteiger partial charge in [0, 0.05) is 11.5 Å². The maximum absolute atomic E-state index is 12.9. The number of nitrogens with two attached hydrogens (primary N) is 1. The van der Waals surface area contributed by atoms with Gasteiger partial charge in [0.2, 0.25) is 5.91 Å². The number of carbonyl (C=O) groups excluding carboxylic acids is 3. The highest BCUT2D eigenvalue weighted by atomic mass is 16.5. The lowest BCUT2D eigenvalue weighted by Crippen LogP contribution is -2.48. The first-order chi connectivity index (χ1) is 14.5. The van der Waals surface area contributed by atoms with Gasteiger partial charge in [-0.15, -0.1) is 0 Å². The molecule has 0 aliphatic heterocycles. The Kier molecular flexibility index (Phi) is 6.60. The third-order valence-corrected chi connectivity index (χ3v) is 4.79. The van der Waals surface area contributed by atoms with Crippen LogP contribution in [0.25, 0.3) is 0 Å². The molecule has 2 amide bonds. The maximum Gasteiger partial charge on any atom is 0.337 e. The lowest BCUT2D eigenvalue weighted by Gasteiger charge is -2.27. The van der Waals surface area contributed by atoms with Crippen molar-refractivity contribution in [1.29, 1.82) is 0 Å². The van der Waals surface area contributed by atoms with Crippen LogP contribution in [-0.2, 0) is 9.53 Å². The molecule has 0 aliphatic rings. The molecule has 0 fully saturated rings. The van der Waals surface area contributed by atoms with Crippen LogP contribution in [0.4, 0.5) is 0 Å². The highest BCUT2D eigenvalue weighted by molar-refractivity contribution is 6.00. The van der Waals surface area contributed by atoms with Crippen molar-refractivity contribution in [3.8, 4) is 0 Å². The molecule has 0 saturated heterocycles. The molecular weight excluding hydrogens is 380 g/mol. The molecule has 6 nitrogen and oxygen atoms in total. The summed E-state index contributed by atoms with van der Waals surface area (Å²) in [6.45, 7) is 0. The molecule has 0 aliphatic carbocycles. The largest absolute Gasteiger partial charge is 0.465 e. The highest BCUT2D eigenvalue weighted by Gasteiger charge is 2.31. The summed E-state index contributed by atoms with van der Waals surface area (Å²) in [6, 6.07) is 23.9. The quantitative estimate of drug-likeness (QED) is 0.594. The van der Waals surface area contributed by atoms with Crippen LogP contribution < -0.4 is 11.1 Å². The third kappa shape index (κ3) is 4.72. The number of hydrogen-bond acceptors (Lipinski definition) is 4. The molecular formula is C24H22N2O4. The van der Waals surface area contributed by atoms with Crippen molar-refractivity contribution in [1.82, 2.24) is 5.32 Å². The number of rotatable bonds is 7. The summed E-state index contributed by atoms with van der Waals surface area (Å²) < 4.78 is 4.70. The SMILES string of the molecule is COC(=O)c1cccc(C(=O)N[C@H](C(N)=O)C(c2ccccc2)c2ccccc2)c1. The second-order valence-electron chi connectivity index (χ2n) is 6.72. The Balaban J connectivity index is 1.96. The number of primary amides is 1. The summed E-state index contributed by atoms with van der Waals surface area (Å²) in [7, 11) is 1.27. The zero-order valence-electron chi connectivity index (χ0n) is 16.4. The van der Waals surface area contributed by atoms with Gasteiger partial charge in [-0.1, -0.05) is 66.7 Å². The third-order valence-electron chi connectivity index (χ3n) is 4.79. The zero-order valence-corrected chi connectivity index (χ0v) is 16.4. The van der Waals surface area contributed by atoms with Crippen LogP contribution in [0.1, 0.15) is 37.8 Å². The molecule has 0 spiro atoms. The molecule has 30 heavy (non-hydrogen) atoms. The van der Waals surface area contributed by atoms with Crippen molar-refractivity contribution in [3.05, 3.63) is 107 Å². The molecule has 0 radical (unpaired) electrons. The van der Waals surface area contributed by atoms with E-state index < -0.39 is 29.7 Å². The molecule has 0 aromatic heterocycles. The molecule has 0 bridgehead atoms. The Labute approximate surface area is 174 Å². The summed E-state index contributed by atoms with van der Waals surface area (Å²) in [5.74, 6) is -2.20. The van der Waals surface area contributed by atoms with E-state index in [-0.39, 0.29) is 11.1 Å². The number of benzene rings is 3. The van der Waals surface area contributed by atoms with Gasteiger partial charge in [-0.05, 0) is 29.3 Å². The fraction of sp³-hybridized carbons (Fsp3) is 0.125. The van der Waals surface area contributed by atoms with Crippen LogP contribution >= 0.6 is 0 Å². The molecule has 0 saturated carbocycles. The minimum absolute atomic E-state index is 0.226. The van der Waals surface area contributed by atoms with Gasteiger partial charge in [0.1, 0.15) is 6.04 Å². The fourth-order valence-corrected chi connectivity index (χ4v) is 3.35. The van der Waals surface area contributed by atoms with Crippen molar-refractivity contribution < 1.29 is 19.1 Å². The second kappa shape index (κ2) is 9.52. The van der Waals surface area contributed by atoms with Crippen molar-refractivity contribution in [2.45, 2.75) is 12.0 Å². The molecule has 152 valence electrons. The monoisotopic (exact) mass is 402 g/mol. The Morgan fingerprint density at radius 3 is 1.83 bits per heavy atom. The van der Waals surface area contributed by atoms with Crippen molar-refractivity contribution in [2.75, 3.05) is 7.11 Å². The van der Waals surface area contributed by atoms with E-state index in [1.165, 1.54) is 13.2 Å². The van der Waals surface area contributed by atoms with Gasteiger partial charge in [0.25, 0.3) is 5.91 Å². The van der Waals surface area contributed by atoms with Gasteiger partial charge >= 0.3 is 5.97 Å². The van der Waals surface area contributed by atoms with Crippen LogP contribution in [0, 0.1) is 0 Å². The van der Waals surface area contributed by atoms with E-state index in [4.69, 9.17) is 10.5 Å². The van der Waals surface area contributed by atoms with E-state index in [0.717, 1.165) is 11.1 Å². The van der Waals surface area contributed by atoms with Crippen LogP contribution in [-0.4, -0.2) is 30.9 Å². The zero-order chi connectivity index (χ0) is 21.5. The van der Waals surface area contributed by atoms with E-state index in [0.29, 0.717) is 0 Å². The molecule has 0 heterocycles. The standard InChI is InChI=1S/C24H22N2O4/c1-30-24(29)19-14-8-13-18(15-19)23(28)26-21(22(25)27)20(16-9-4-2-5-10-16)17-11-6-3-7-12-17/h2-15,20-21H,1H3,(H2,25,27)(H,26,28)/t21-/m0/s1. The fourth-order valence-electron chi connectivity index (χ4n) is 3.35. The lowest BCUT2D eigenvalue weighted by atomic mass is 9.84. The van der Waals surface area contributed by atoms with Crippen molar-refractivity contribution >= 4 is 17.8 Å². The van der Waals surface area contributed by atoms with Gasteiger partial charge in [0.05, 0.1) is 12.7 Å². The number of esters is 1. The van der Waals surface area contributed by atoms with Crippen molar-refractivity contribution in [3.63, 3.8) is 0 Å². The first-order valence-corrected chi connectivity index (χ1v) is 9.39. The molecule has 1 atom stereocenters. The van der Waals surface area contributed by atoms with Gasteiger partial charge in [-0.3, -0.25) is 9.59 Å². The number of hydrogen-bond donors (Lipinski definition) is 2. The molecule has 3 aromatic carbocycles. The Morgan fingerprint density at radius 2 is 1.33 bits per heavy atom. The Bertz CT molecular complexity index is 996. The van der Waals surface area contributed by atoms with Crippen molar-refractivity contribution in [2.24, 2.45) is 5.73 Å². The Hall–Kier alpha value is -3.93. The number of methoxy groups -OCH3 is 1. The van der Waals surface area contributed by atoms with E-state index in [1.54, 1.807) is 18.2 Å². The normalized spacial score (nSPS) is 11.5. The van der Waals surface area contributed by atoms with Crippen LogP contribution in [0.2, 0.25) is 0 Å². The average Bonchev–Trinajstić information content (AvgIpc) is 2.79. The van der Waals surface area contributed by atoms with E-state index in [1.807, 2.05) is 60.7 Å². The van der Waals surface area contributed by atoms with Gasteiger partial charge in [0.15, 0.2) is 0 Å². The number of carbonyl (C=O) groups is 3. The van der Waals surface area contributed by atoms with E-state index in [9.17, 15) is 14.4 Å². The van der Waals surface area contributed by atoms with Gasteiger partial charge < -0.3 is 15.8 Å². The predicted molar refractivity (Wildman–Crippen MR) is 113 cm³/mol. The first kappa shape index (κ1) is 20.8. The number of amides is 2. The van der Waals surface area contributed by atoms with Crippen LogP contribution in [0.5, 0.6) is 0 Å². The van der Waals surface area contributed by atoms with Crippen LogP contribution in [0.3, 0.4) is 0 Å². The Morgan fingerprint density at radius 1 is 0.800 bits per heavy atom. The molecule has 6 heteroatoms. The smallest absolute Gasteiger partial charge is 0.337 e. The van der Waals surface area contributed by atoms with E-state index >= 15 is 0 Å². The second-order valence-corrected chi connectivity index (χ2v) is 6.72. The minimum Gasteiger partial charge on any atom is -0.465 e. The molecule has 3 aromatic rings. The first-order valence-electron chi connectivity index (χ1n) is 9.39. The minimum atomic E-state index is -0.996. The lowest BCUT2D eigenvalue weighted by molar-refractivity contribution is -0.120. The average molecular weight is 402 g/mol. The predicted octanol–water partition coefficient (Wildman–Crippen LogP) is 2.89. The van der Waals surface area contributed by atoms with Gasteiger partial charge in [-0.2, -0.15) is 0 Å². The maximum atomic E-state index is 12.9. The van der Waals surface area contributed by atoms with E-state index in [2.05, 4.69) is 5.32 Å². The molecule has 3 N–H and O–H groups in total.